The van der Waals surface area contributed by atoms with Crippen molar-refractivity contribution in [3.05, 3.63) is 197 Å². The zero-order valence-corrected chi connectivity index (χ0v) is 35.7. The fourth-order valence-corrected chi connectivity index (χ4v) is 10.5. The van der Waals surface area contributed by atoms with Crippen LogP contribution in [0.1, 0.15) is 37.8 Å². The summed E-state index contributed by atoms with van der Waals surface area (Å²) in [7, 11) is 0. The van der Waals surface area contributed by atoms with Crippen LogP contribution in [0.3, 0.4) is 0 Å². The number of imidazole rings is 1. The molecule has 0 radical (unpaired) electrons. The zero-order chi connectivity index (χ0) is 40.4. The molecule has 11 rings (SSSR count). The molecule has 0 amide bonds. The SMILES string of the molecule is CC1(C)CCCc2cc3c4ccc(Oc5cccc(-n6[c](=[Pt])n(-c7c(-c8ccccc8)cccc7-c7ccccc7)c7ccccc76)c5)cc4n(-c4ccccn4)c3cc21. The van der Waals surface area contributed by atoms with E-state index in [2.05, 4.69) is 211 Å². The Balaban J connectivity index is 1.05. The molecule has 7 aromatic carbocycles. The van der Waals surface area contributed by atoms with Crippen LogP contribution in [0.4, 0.5) is 0 Å². The molecule has 0 saturated carbocycles. The van der Waals surface area contributed by atoms with Gasteiger partial charge in [-0.15, -0.1) is 0 Å². The second-order valence-corrected chi connectivity index (χ2v) is 17.4. The molecule has 294 valence electrons. The van der Waals surface area contributed by atoms with Crippen molar-refractivity contribution in [2.75, 3.05) is 0 Å². The van der Waals surface area contributed by atoms with Gasteiger partial charge in [-0.3, -0.25) is 0 Å². The van der Waals surface area contributed by atoms with Gasteiger partial charge >= 0.3 is 294 Å². The Kier molecular flexibility index (Phi) is 8.90. The summed E-state index contributed by atoms with van der Waals surface area (Å²) >= 11 is 2.50. The van der Waals surface area contributed by atoms with E-state index in [0.29, 0.717) is 0 Å². The molecule has 1 aliphatic rings. The quantitative estimate of drug-likeness (QED) is 0.160. The number of aromatic nitrogens is 4. The molecule has 0 aliphatic heterocycles. The molecule has 0 bridgehead atoms. The Morgan fingerprint density at radius 3 is 1.92 bits per heavy atom. The van der Waals surface area contributed by atoms with Gasteiger partial charge in [-0.2, -0.15) is 0 Å². The van der Waals surface area contributed by atoms with Crippen LogP contribution >= 0.6 is 0 Å². The Labute approximate surface area is 360 Å². The van der Waals surface area contributed by atoms with Crippen LogP contribution in [0, 0.1) is 3.80 Å². The molecule has 0 spiro atoms. The molecule has 60 heavy (non-hydrogen) atoms. The maximum atomic E-state index is 6.81. The van der Waals surface area contributed by atoms with E-state index in [1.165, 1.54) is 62.5 Å². The third kappa shape index (κ3) is 6.11. The fraction of sp³-hybridized carbons (Fsp3) is 0.111. The first-order chi connectivity index (χ1) is 29.4. The summed E-state index contributed by atoms with van der Waals surface area (Å²) in [4.78, 5) is 4.85. The molecule has 0 unspecified atom stereocenters. The minimum Gasteiger partial charge on any atom is -0.0370 e. The number of benzene rings is 7. The minimum atomic E-state index is 0.129. The van der Waals surface area contributed by atoms with E-state index < -0.39 is 0 Å². The van der Waals surface area contributed by atoms with Gasteiger partial charge in [-0.1, -0.05) is 19.9 Å². The van der Waals surface area contributed by atoms with Crippen LogP contribution < -0.4 is 4.74 Å². The molecule has 0 atom stereocenters. The number of hydrogen-bond donors (Lipinski definition) is 0. The van der Waals surface area contributed by atoms with Gasteiger partial charge in [0.25, 0.3) is 0 Å². The first kappa shape index (κ1) is 36.5. The first-order valence-corrected chi connectivity index (χ1v) is 21.8. The average Bonchev–Trinajstić information content (AvgIpc) is 3.76. The molecule has 10 aromatic rings. The van der Waals surface area contributed by atoms with Crippen LogP contribution in [0.2, 0.25) is 0 Å². The zero-order valence-electron chi connectivity index (χ0n) is 33.5. The van der Waals surface area contributed by atoms with Crippen molar-refractivity contribution >= 4 is 32.8 Å². The van der Waals surface area contributed by atoms with Gasteiger partial charge in [0, 0.05) is 6.20 Å². The maximum absolute atomic E-state index is 6.81. The van der Waals surface area contributed by atoms with Crippen LogP contribution in [-0.2, 0) is 31.2 Å². The van der Waals surface area contributed by atoms with Gasteiger partial charge in [-0.25, -0.2) is 0 Å². The van der Waals surface area contributed by atoms with E-state index in [1.54, 1.807) is 0 Å². The van der Waals surface area contributed by atoms with Crippen molar-refractivity contribution < 1.29 is 24.1 Å². The molecule has 3 aromatic heterocycles. The van der Waals surface area contributed by atoms with E-state index in [1.807, 2.05) is 18.3 Å². The van der Waals surface area contributed by atoms with Crippen molar-refractivity contribution in [3.63, 3.8) is 0 Å². The number of rotatable bonds is 7. The molecule has 3 heterocycles. The Morgan fingerprint density at radius 2 is 1.20 bits per heavy atom. The van der Waals surface area contributed by atoms with E-state index in [0.717, 1.165) is 55.5 Å². The van der Waals surface area contributed by atoms with E-state index in [9.17, 15) is 0 Å². The Morgan fingerprint density at radius 1 is 0.550 bits per heavy atom. The van der Waals surface area contributed by atoms with Crippen molar-refractivity contribution in [2.45, 2.75) is 38.5 Å². The Hall–Kier alpha value is -6.55. The summed E-state index contributed by atoms with van der Waals surface area (Å²) in [6, 6.07) is 62.7. The molecule has 6 heteroatoms. The summed E-state index contributed by atoms with van der Waals surface area (Å²) < 4.78 is 14.9. The van der Waals surface area contributed by atoms with Crippen LogP contribution in [0.15, 0.2) is 182 Å². The molecule has 5 nitrogen and oxygen atoms in total. The molecule has 0 N–H and O–H groups in total. The first-order valence-electron chi connectivity index (χ1n) is 20.7. The molecule has 1 aliphatic carbocycles. The Bertz CT molecular complexity index is 3250. The van der Waals surface area contributed by atoms with Crippen LogP contribution in [0.25, 0.3) is 72.3 Å². The van der Waals surface area contributed by atoms with Gasteiger partial charge in [0.1, 0.15) is 0 Å². The van der Waals surface area contributed by atoms with E-state index >= 15 is 0 Å². The van der Waals surface area contributed by atoms with Crippen LogP contribution in [0.5, 0.6) is 11.5 Å². The topological polar surface area (TPSA) is 36.9 Å². The molecular formula is C54H42N4OPt. The van der Waals surface area contributed by atoms with Crippen LogP contribution in [-0.4, -0.2) is 18.7 Å². The summed E-state index contributed by atoms with van der Waals surface area (Å²) in [5.74, 6) is 2.44. The monoisotopic (exact) mass is 957 g/mol. The number of pyridine rings is 1. The summed E-state index contributed by atoms with van der Waals surface area (Å²) in [6.45, 7) is 4.76. The van der Waals surface area contributed by atoms with E-state index in [-0.39, 0.29) is 5.41 Å². The van der Waals surface area contributed by atoms with Gasteiger partial charge < -0.3 is 0 Å². The average molecular weight is 958 g/mol. The van der Waals surface area contributed by atoms with Gasteiger partial charge in [0.2, 0.25) is 0 Å². The number of hydrogen-bond acceptors (Lipinski definition) is 2. The summed E-state index contributed by atoms with van der Waals surface area (Å²) in [6.07, 6.45) is 5.40. The minimum absolute atomic E-state index is 0.129. The summed E-state index contributed by atoms with van der Waals surface area (Å²) in [5, 5.41) is 2.46. The smallest absolute Gasteiger partial charge is 0.0370 e. The van der Waals surface area contributed by atoms with Gasteiger partial charge in [0.15, 0.2) is 0 Å². The molecule has 0 saturated heterocycles. The summed E-state index contributed by atoms with van der Waals surface area (Å²) in [5.41, 5.74) is 14.4. The fourth-order valence-electron chi connectivity index (χ4n) is 9.45. The van der Waals surface area contributed by atoms with Crippen molar-refractivity contribution in [1.29, 1.82) is 0 Å². The molecular weight excluding hydrogens is 916 g/mol. The second kappa shape index (κ2) is 14.6. The third-order valence-electron chi connectivity index (χ3n) is 12.3. The van der Waals surface area contributed by atoms with E-state index in [4.69, 9.17) is 9.72 Å². The molecule has 0 fully saturated rings. The van der Waals surface area contributed by atoms with Crippen molar-refractivity contribution in [2.24, 2.45) is 0 Å². The standard InChI is InChI=1S/C54H42N4O.Pt/c1-54(2)30-15-20-39-32-46-45-29-28-42(34-50(45)58(51(46)35-47(39)54)52-27-11-12-31-55-52)59-41-22-13-21-40(33-41)56-36-57(49-26-10-9-25-48(49)56)53-43(37-16-5-3-6-17-37)23-14-24-44(53)38-18-7-4-8-19-38;/h3-14,16-19,21-29,31-35H,15,20,30H2,1-2H3;. The number of fused-ring (bicyclic) bond motifs is 5. The number of para-hydroxylation sites is 3. The van der Waals surface area contributed by atoms with Crippen molar-refractivity contribution in [3.8, 4) is 50.9 Å². The predicted molar refractivity (Wildman–Crippen MR) is 241 cm³/mol. The second-order valence-electron chi connectivity index (χ2n) is 16.4. The normalized spacial score (nSPS) is 13.5. The predicted octanol–water partition coefficient (Wildman–Crippen LogP) is 13.7. The number of aryl methyl sites for hydroxylation is 1. The third-order valence-corrected chi connectivity index (χ3v) is 13.3. The van der Waals surface area contributed by atoms with Gasteiger partial charge in [-0.05, 0) is 41.9 Å². The number of nitrogens with zero attached hydrogens (tertiary/aromatic N) is 4. The van der Waals surface area contributed by atoms with Crippen molar-refractivity contribution in [1.82, 2.24) is 18.7 Å². The van der Waals surface area contributed by atoms with Gasteiger partial charge in [0.05, 0.1) is 0 Å². The number of ether oxygens (including phenoxy) is 1.